The van der Waals surface area contributed by atoms with E-state index in [4.69, 9.17) is 16.2 Å². The lowest BCUT2D eigenvalue weighted by molar-refractivity contribution is -0.384. The van der Waals surface area contributed by atoms with Crippen molar-refractivity contribution >= 4 is 39.5 Å². The Labute approximate surface area is 172 Å². The highest BCUT2D eigenvalue weighted by Crippen LogP contribution is 2.24. The van der Waals surface area contributed by atoms with Gasteiger partial charge in [-0.05, 0) is 34.1 Å². The van der Waals surface area contributed by atoms with Crippen molar-refractivity contribution in [3.05, 3.63) is 73.9 Å². The molecule has 0 spiro atoms. The number of benzene rings is 2. The van der Waals surface area contributed by atoms with Gasteiger partial charge in [0.2, 0.25) is 0 Å². The molecule has 0 aliphatic heterocycles. The molecule has 3 aromatic rings. The van der Waals surface area contributed by atoms with E-state index in [0.717, 1.165) is 10.0 Å². The van der Waals surface area contributed by atoms with Crippen LogP contribution >= 0.6 is 15.9 Å². The number of amidine groups is 1. The zero-order chi connectivity index (χ0) is 20.8. The number of nitro benzene ring substituents is 1. The number of halogens is 1. The molecule has 3 rings (SSSR count). The third-order valence-electron chi connectivity index (χ3n) is 3.63. The Balaban J connectivity index is 1.82. The average molecular weight is 460 g/mol. The summed E-state index contributed by atoms with van der Waals surface area (Å²) >= 11 is 3.37. The number of hydrogen-bond acceptors (Lipinski definition) is 9. The maximum Gasteiger partial charge on any atom is 0.270 e. The molecule has 0 atom stereocenters. The summed E-state index contributed by atoms with van der Waals surface area (Å²) in [5, 5.41) is 25.6. The summed E-state index contributed by atoms with van der Waals surface area (Å²) in [6.07, 6.45) is 1.28. The minimum atomic E-state index is -0.519. The fourth-order valence-corrected chi connectivity index (χ4v) is 2.46. The van der Waals surface area contributed by atoms with Gasteiger partial charge in [0.15, 0.2) is 17.3 Å². The van der Waals surface area contributed by atoms with Crippen molar-refractivity contribution in [3.63, 3.8) is 0 Å². The predicted octanol–water partition coefficient (Wildman–Crippen LogP) is 2.64. The monoisotopic (exact) mass is 459 g/mol. The molecule has 12 heteroatoms. The van der Waals surface area contributed by atoms with Crippen LogP contribution in [0.4, 0.5) is 11.5 Å². The summed E-state index contributed by atoms with van der Waals surface area (Å²) in [5.74, 6) is 0.233. The van der Waals surface area contributed by atoms with Gasteiger partial charge < -0.3 is 16.2 Å². The van der Waals surface area contributed by atoms with Gasteiger partial charge in [-0.1, -0.05) is 28.1 Å². The third-order valence-corrected chi connectivity index (χ3v) is 4.16. The number of aromatic nitrogens is 2. The van der Waals surface area contributed by atoms with E-state index in [0.29, 0.717) is 11.3 Å². The second-order valence-electron chi connectivity index (χ2n) is 5.62. The number of nitrogens with two attached hydrogens (primary N) is 2. The number of nitrogens with zero attached hydrogens (tertiary/aromatic N) is 5. The largest absolute Gasteiger partial charge is 0.488 e. The summed E-state index contributed by atoms with van der Waals surface area (Å²) < 4.78 is 11.2. The van der Waals surface area contributed by atoms with E-state index >= 15 is 0 Å². The van der Waals surface area contributed by atoms with Gasteiger partial charge in [0.25, 0.3) is 5.69 Å². The van der Waals surface area contributed by atoms with Crippen LogP contribution < -0.4 is 16.2 Å². The molecule has 0 aliphatic carbocycles. The molecule has 148 valence electrons. The van der Waals surface area contributed by atoms with Crippen LogP contribution in [0.15, 0.2) is 61.8 Å². The standard InChI is InChI=1S/C17H14BrN7O4/c18-12-3-1-10(2-4-12)9-28-14-6-5-13(25(26)27)7-11(14)8-21-22-16(19)15-17(20)24-29-23-15/h1-8H,9H2,(H2,19,22)(H2,20,24)/b21-8-. The lowest BCUT2D eigenvalue weighted by Crippen LogP contribution is -2.15. The summed E-state index contributed by atoms with van der Waals surface area (Å²) in [4.78, 5) is 10.6. The molecule has 11 nitrogen and oxygen atoms in total. The van der Waals surface area contributed by atoms with E-state index in [1.807, 2.05) is 24.3 Å². The van der Waals surface area contributed by atoms with Crippen LogP contribution in [-0.4, -0.2) is 27.3 Å². The Kier molecular flexibility index (Phi) is 6.14. The Hall–Kier alpha value is -3.80. The van der Waals surface area contributed by atoms with Crippen LogP contribution in [0.2, 0.25) is 0 Å². The quantitative estimate of drug-likeness (QED) is 0.235. The van der Waals surface area contributed by atoms with Crippen LogP contribution in [0.25, 0.3) is 0 Å². The van der Waals surface area contributed by atoms with Gasteiger partial charge in [0.1, 0.15) is 12.4 Å². The van der Waals surface area contributed by atoms with E-state index in [1.54, 1.807) is 0 Å². The first-order valence-electron chi connectivity index (χ1n) is 8.04. The average Bonchev–Trinajstić information content (AvgIpc) is 3.14. The molecule has 0 amide bonds. The molecule has 0 fully saturated rings. The van der Waals surface area contributed by atoms with Crippen molar-refractivity contribution in [3.8, 4) is 5.75 Å². The van der Waals surface area contributed by atoms with Crippen molar-refractivity contribution in [2.75, 3.05) is 5.73 Å². The van der Waals surface area contributed by atoms with Crippen LogP contribution in [0.5, 0.6) is 5.75 Å². The molecule has 0 unspecified atom stereocenters. The van der Waals surface area contributed by atoms with E-state index in [-0.39, 0.29) is 29.6 Å². The number of nitro groups is 1. The van der Waals surface area contributed by atoms with Gasteiger partial charge in [-0.25, -0.2) is 4.63 Å². The minimum Gasteiger partial charge on any atom is -0.488 e. The van der Waals surface area contributed by atoms with Crippen molar-refractivity contribution in [2.45, 2.75) is 6.61 Å². The Morgan fingerprint density at radius 3 is 2.69 bits per heavy atom. The predicted molar refractivity (Wildman–Crippen MR) is 109 cm³/mol. The first kappa shape index (κ1) is 19.9. The van der Waals surface area contributed by atoms with Crippen LogP contribution in [-0.2, 0) is 6.61 Å². The summed E-state index contributed by atoms with van der Waals surface area (Å²) in [7, 11) is 0. The number of anilines is 1. The Morgan fingerprint density at radius 2 is 2.03 bits per heavy atom. The van der Waals surface area contributed by atoms with Crippen molar-refractivity contribution in [1.82, 2.24) is 10.3 Å². The lowest BCUT2D eigenvalue weighted by atomic mass is 10.2. The van der Waals surface area contributed by atoms with Gasteiger partial charge in [0.05, 0.1) is 11.1 Å². The Bertz CT molecular complexity index is 1080. The Morgan fingerprint density at radius 1 is 1.28 bits per heavy atom. The zero-order valence-corrected chi connectivity index (χ0v) is 16.3. The molecular weight excluding hydrogens is 446 g/mol. The summed E-state index contributed by atoms with van der Waals surface area (Å²) in [6.45, 7) is 0.262. The number of non-ortho nitro benzene ring substituents is 1. The van der Waals surface area contributed by atoms with Crippen LogP contribution in [0.1, 0.15) is 16.8 Å². The van der Waals surface area contributed by atoms with Crippen molar-refractivity contribution in [1.29, 1.82) is 0 Å². The molecule has 0 radical (unpaired) electrons. The molecule has 29 heavy (non-hydrogen) atoms. The van der Waals surface area contributed by atoms with Crippen molar-refractivity contribution < 1.29 is 14.3 Å². The normalized spacial score (nSPS) is 11.7. The maximum atomic E-state index is 11.1. The summed E-state index contributed by atoms with van der Waals surface area (Å²) in [5.41, 5.74) is 12.4. The number of ether oxygens (including phenoxy) is 1. The molecule has 0 aliphatic rings. The minimum absolute atomic E-state index is 0.0321. The van der Waals surface area contributed by atoms with E-state index < -0.39 is 4.92 Å². The fourth-order valence-electron chi connectivity index (χ4n) is 2.20. The van der Waals surface area contributed by atoms with Gasteiger partial charge in [-0.2, -0.15) is 5.10 Å². The van der Waals surface area contributed by atoms with Crippen molar-refractivity contribution in [2.24, 2.45) is 15.9 Å². The second-order valence-corrected chi connectivity index (χ2v) is 6.54. The molecule has 1 heterocycles. The zero-order valence-electron chi connectivity index (χ0n) is 14.7. The molecule has 4 N–H and O–H groups in total. The number of nitrogen functional groups attached to an aromatic ring is 1. The van der Waals surface area contributed by atoms with Crippen LogP contribution in [0.3, 0.4) is 0 Å². The molecule has 0 saturated heterocycles. The smallest absolute Gasteiger partial charge is 0.270 e. The highest BCUT2D eigenvalue weighted by Gasteiger charge is 2.12. The fraction of sp³-hybridized carbons (Fsp3) is 0.0588. The lowest BCUT2D eigenvalue weighted by Gasteiger charge is -2.09. The number of hydrogen-bond donors (Lipinski definition) is 2. The molecule has 0 bridgehead atoms. The van der Waals surface area contributed by atoms with Crippen LogP contribution in [0, 0.1) is 10.1 Å². The van der Waals surface area contributed by atoms with Gasteiger partial charge >= 0.3 is 0 Å². The van der Waals surface area contributed by atoms with Gasteiger partial charge in [0, 0.05) is 22.2 Å². The second kappa shape index (κ2) is 8.93. The van der Waals surface area contributed by atoms with E-state index in [2.05, 4.69) is 41.1 Å². The van der Waals surface area contributed by atoms with E-state index in [1.165, 1.54) is 24.4 Å². The topological polar surface area (TPSA) is 168 Å². The molecular formula is C17H14BrN7O4. The van der Waals surface area contributed by atoms with Gasteiger partial charge in [-0.15, -0.1) is 5.10 Å². The molecule has 2 aromatic carbocycles. The molecule has 0 saturated carbocycles. The first-order chi connectivity index (χ1) is 13.9. The van der Waals surface area contributed by atoms with Gasteiger partial charge in [-0.3, -0.25) is 10.1 Å². The highest BCUT2D eigenvalue weighted by molar-refractivity contribution is 9.10. The van der Waals surface area contributed by atoms with E-state index in [9.17, 15) is 10.1 Å². The summed E-state index contributed by atoms with van der Waals surface area (Å²) in [6, 6.07) is 11.7. The molecule has 1 aromatic heterocycles. The highest BCUT2D eigenvalue weighted by atomic mass is 79.9. The first-order valence-corrected chi connectivity index (χ1v) is 8.84. The SMILES string of the molecule is NC(=N/N=C\c1cc([N+](=O)[O-])ccc1OCc1ccc(Br)cc1)c1nonc1N. The third kappa shape index (κ3) is 5.13. The maximum absolute atomic E-state index is 11.1. The number of rotatable bonds is 7.